The number of carbonyl (C=O) groups excluding carboxylic acids is 1. The molecule has 0 aromatic heterocycles. The lowest BCUT2D eigenvalue weighted by atomic mass is 9.93. The molecule has 1 unspecified atom stereocenters. The van der Waals surface area contributed by atoms with E-state index in [1.807, 2.05) is 18.2 Å². The quantitative estimate of drug-likeness (QED) is 0.862. The van der Waals surface area contributed by atoms with E-state index in [1.54, 1.807) is 13.8 Å². The number of rotatable bonds is 4. The van der Waals surface area contributed by atoms with Crippen LogP contribution in [-0.4, -0.2) is 10.9 Å². The van der Waals surface area contributed by atoms with Crippen molar-refractivity contribution in [2.24, 2.45) is 0 Å². The number of Topliss-reactive ketones (excluding diaryl/α,β-unsaturated/α-hetero) is 1. The highest BCUT2D eigenvalue weighted by Gasteiger charge is 2.19. The Bertz CT molecular complexity index is 422. The van der Waals surface area contributed by atoms with Gasteiger partial charge in [0.25, 0.3) is 0 Å². The van der Waals surface area contributed by atoms with Crippen molar-refractivity contribution in [1.82, 2.24) is 0 Å². The molecule has 2 nitrogen and oxygen atoms in total. The summed E-state index contributed by atoms with van der Waals surface area (Å²) in [6.07, 6.45) is 1.85. The lowest BCUT2D eigenvalue weighted by molar-refractivity contribution is -0.116. The van der Waals surface area contributed by atoms with Gasteiger partial charge in [0.1, 0.15) is 11.4 Å². The fourth-order valence-corrected chi connectivity index (χ4v) is 1.99. The molecule has 0 heterocycles. The van der Waals surface area contributed by atoms with Crippen LogP contribution in [-0.2, 0) is 16.8 Å². The second-order valence-electron chi connectivity index (χ2n) is 4.08. The van der Waals surface area contributed by atoms with E-state index in [0.29, 0.717) is 6.42 Å². The summed E-state index contributed by atoms with van der Waals surface area (Å²) in [5.74, 6) is 0.0993. The average molecular weight is 283 g/mol. The van der Waals surface area contributed by atoms with Gasteiger partial charge in [-0.25, -0.2) is 0 Å². The minimum absolute atomic E-state index is 0.0993. The predicted molar refractivity (Wildman–Crippen MR) is 68.3 cm³/mol. The molecular formula is C13H15BrO2. The third-order valence-electron chi connectivity index (χ3n) is 2.39. The van der Waals surface area contributed by atoms with Crippen molar-refractivity contribution in [3.8, 4) is 0 Å². The molecule has 0 aliphatic carbocycles. The molecule has 0 spiro atoms. The molecule has 0 saturated carbocycles. The van der Waals surface area contributed by atoms with E-state index < -0.39 is 5.60 Å². The topological polar surface area (TPSA) is 37.3 Å². The Hall–Kier alpha value is -0.930. The van der Waals surface area contributed by atoms with Gasteiger partial charge in [0.15, 0.2) is 0 Å². The Kier molecular flexibility index (Phi) is 4.05. The van der Waals surface area contributed by atoms with Crippen LogP contribution >= 0.6 is 15.9 Å². The largest absolute Gasteiger partial charge is 0.381 e. The van der Waals surface area contributed by atoms with E-state index >= 15 is 0 Å². The van der Waals surface area contributed by atoms with Crippen LogP contribution in [0.25, 0.3) is 0 Å². The molecule has 1 aromatic carbocycles. The molecule has 1 N–H and O–H groups in total. The first kappa shape index (κ1) is 13.1. The zero-order valence-corrected chi connectivity index (χ0v) is 11.0. The van der Waals surface area contributed by atoms with Gasteiger partial charge in [-0.05, 0) is 37.1 Å². The lowest BCUT2D eigenvalue weighted by Gasteiger charge is -2.20. The maximum absolute atomic E-state index is 11.1. The molecule has 86 valence electrons. The van der Waals surface area contributed by atoms with Crippen LogP contribution < -0.4 is 0 Å². The lowest BCUT2D eigenvalue weighted by Crippen LogP contribution is -2.17. The summed E-state index contributed by atoms with van der Waals surface area (Å²) in [6.45, 7) is 6.81. The van der Waals surface area contributed by atoms with Crippen LogP contribution in [0.15, 0.2) is 35.3 Å². The maximum Gasteiger partial charge on any atom is 0.134 e. The van der Waals surface area contributed by atoms with E-state index in [-0.39, 0.29) is 5.78 Å². The molecular weight excluding hydrogens is 268 g/mol. The first-order chi connectivity index (χ1) is 7.35. The normalized spacial score (nSPS) is 14.2. The molecule has 0 aliphatic rings. The van der Waals surface area contributed by atoms with Crippen molar-refractivity contribution in [3.05, 3.63) is 46.5 Å². The van der Waals surface area contributed by atoms with Crippen LogP contribution in [0.4, 0.5) is 0 Å². The van der Waals surface area contributed by atoms with Gasteiger partial charge in [0.05, 0.1) is 0 Å². The number of benzene rings is 1. The second kappa shape index (κ2) is 4.93. The van der Waals surface area contributed by atoms with Crippen LogP contribution in [0.2, 0.25) is 0 Å². The van der Waals surface area contributed by atoms with Crippen LogP contribution in [0.3, 0.4) is 0 Å². The highest BCUT2D eigenvalue weighted by atomic mass is 79.9. The van der Waals surface area contributed by atoms with Crippen molar-refractivity contribution in [2.45, 2.75) is 25.9 Å². The molecule has 0 bridgehead atoms. The number of aliphatic hydroxyl groups is 1. The molecule has 1 atom stereocenters. The zero-order chi connectivity index (χ0) is 12.3. The molecule has 3 heteroatoms. The number of halogens is 1. The van der Waals surface area contributed by atoms with Gasteiger partial charge in [-0.3, -0.25) is 4.79 Å². The fourth-order valence-electron chi connectivity index (χ4n) is 1.45. The summed E-state index contributed by atoms with van der Waals surface area (Å²) in [6, 6.07) is 5.53. The van der Waals surface area contributed by atoms with Crippen LogP contribution in [0, 0.1) is 0 Å². The molecule has 16 heavy (non-hydrogen) atoms. The van der Waals surface area contributed by atoms with Gasteiger partial charge in [0, 0.05) is 10.9 Å². The maximum atomic E-state index is 11.1. The number of carbonyl (C=O) groups is 1. The van der Waals surface area contributed by atoms with Crippen LogP contribution in [0.5, 0.6) is 0 Å². The van der Waals surface area contributed by atoms with Gasteiger partial charge in [0.2, 0.25) is 0 Å². The van der Waals surface area contributed by atoms with Gasteiger partial charge < -0.3 is 5.11 Å². The molecule has 0 amide bonds. The van der Waals surface area contributed by atoms with E-state index in [2.05, 4.69) is 22.5 Å². The van der Waals surface area contributed by atoms with Gasteiger partial charge >= 0.3 is 0 Å². The van der Waals surface area contributed by atoms with Crippen molar-refractivity contribution in [3.63, 3.8) is 0 Å². The first-order valence-electron chi connectivity index (χ1n) is 5.00. The summed E-state index contributed by atoms with van der Waals surface area (Å²) in [4.78, 5) is 11.1. The van der Waals surface area contributed by atoms with Gasteiger partial charge in [-0.15, -0.1) is 0 Å². The van der Waals surface area contributed by atoms with E-state index in [1.165, 1.54) is 6.08 Å². The summed E-state index contributed by atoms with van der Waals surface area (Å²) < 4.78 is 0.850. The minimum atomic E-state index is -1.07. The Morgan fingerprint density at radius 1 is 1.56 bits per heavy atom. The summed E-state index contributed by atoms with van der Waals surface area (Å²) >= 11 is 3.37. The summed E-state index contributed by atoms with van der Waals surface area (Å²) in [5, 5.41) is 10.1. The highest BCUT2D eigenvalue weighted by Crippen LogP contribution is 2.26. The molecule has 0 saturated heterocycles. The predicted octanol–water partition coefficient (Wildman–Crippen LogP) is 2.97. The van der Waals surface area contributed by atoms with Gasteiger partial charge in [-0.1, -0.05) is 34.7 Å². The molecule has 1 aromatic rings. The number of ketones is 1. The average Bonchev–Trinajstić information content (AvgIpc) is 2.15. The highest BCUT2D eigenvalue weighted by molar-refractivity contribution is 9.10. The number of hydrogen-bond acceptors (Lipinski definition) is 2. The van der Waals surface area contributed by atoms with Crippen molar-refractivity contribution >= 4 is 21.7 Å². The van der Waals surface area contributed by atoms with Crippen molar-refractivity contribution in [1.29, 1.82) is 0 Å². The fraction of sp³-hybridized carbons (Fsp3) is 0.308. The minimum Gasteiger partial charge on any atom is -0.381 e. The SMILES string of the molecule is C=CC(C)(O)c1cc(Br)cc(CC(C)=O)c1. The Morgan fingerprint density at radius 3 is 2.69 bits per heavy atom. The Labute approximate surface area is 104 Å². The zero-order valence-electron chi connectivity index (χ0n) is 9.46. The van der Waals surface area contributed by atoms with E-state index in [9.17, 15) is 9.90 Å². The standard InChI is InChI=1S/C13H15BrO2/c1-4-13(3,16)11-6-10(5-9(2)15)7-12(14)8-11/h4,6-8,16H,1,5H2,2-3H3. The second-order valence-corrected chi connectivity index (χ2v) is 4.99. The smallest absolute Gasteiger partial charge is 0.134 e. The van der Waals surface area contributed by atoms with E-state index in [4.69, 9.17) is 0 Å². The van der Waals surface area contributed by atoms with E-state index in [0.717, 1.165) is 15.6 Å². The number of hydrogen-bond donors (Lipinski definition) is 1. The van der Waals surface area contributed by atoms with Crippen molar-refractivity contribution in [2.75, 3.05) is 0 Å². The molecule has 0 fully saturated rings. The van der Waals surface area contributed by atoms with Crippen LogP contribution in [0.1, 0.15) is 25.0 Å². The first-order valence-corrected chi connectivity index (χ1v) is 5.80. The molecule has 0 radical (unpaired) electrons. The molecule has 1 rings (SSSR count). The Balaban J connectivity index is 3.17. The van der Waals surface area contributed by atoms with Crippen molar-refractivity contribution < 1.29 is 9.90 Å². The van der Waals surface area contributed by atoms with Gasteiger partial charge in [-0.2, -0.15) is 0 Å². The third-order valence-corrected chi connectivity index (χ3v) is 2.85. The third kappa shape index (κ3) is 3.29. The monoisotopic (exact) mass is 282 g/mol. The molecule has 0 aliphatic heterocycles. The Morgan fingerprint density at radius 2 is 2.19 bits per heavy atom. The summed E-state index contributed by atoms with van der Waals surface area (Å²) in [7, 11) is 0. The summed E-state index contributed by atoms with van der Waals surface area (Å²) in [5.41, 5.74) is 0.544.